The number of aliphatic imine (C=N–C) groups is 1. The van der Waals surface area contributed by atoms with Crippen LogP contribution in [0.3, 0.4) is 0 Å². The highest BCUT2D eigenvalue weighted by atomic mass is 127. The summed E-state index contributed by atoms with van der Waals surface area (Å²) in [5.74, 6) is 0.901. The zero-order valence-corrected chi connectivity index (χ0v) is 21.9. The number of hydrogen-bond donors (Lipinski definition) is 3. The third-order valence-electron chi connectivity index (χ3n) is 5.51. The van der Waals surface area contributed by atoms with Crippen LogP contribution in [0.1, 0.15) is 46.8 Å². The molecule has 1 aliphatic rings. The molecule has 0 aliphatic carbocycles. The van der Waals surface area contributed by atoms with Crippen LogP contribution in [0.5, 0.6) is 0 Å². The predicted octanol–water partition coefficient (Wildman–Crippen LogP) is 3.04. The first-order valence-corrected chi connectivity index (χ1v) is 11.2. The highest BCUT2D eigenvalue weighted by molar-refractivity contribution is 14.0. The van der Waals surface area contributed by atoms with Crippen molar-refractivity contribution >= 4 is 41.8 Å². The number of guanidine groups is 1. The van der Waals surface area contributed by atoms with Crippen molar-refractivity contribution in [2.24, 2.45) is 4.99 Å². The lowest BCUT2D eigenvalue weighted by Gasteiger charge is -2.26. The first kappa shape index (κ1) is 26.6. The molecule has 33 heavy (non-hydrogen) atoms. The van der Waals surface area contributed by atoms with Crippen LogP contribution in [-0.4, -0.2) is 55.4 Å². The van der Waals surface area contributed by atoms with Gasteiger partial charge in [0, 0.05) is 31.7 Å². The number of nitrogens with one attached hydrogen (secondary N) is 3. The molecule has 2 aromatic rings. The molecule has 2 amide bonds. The Balaban J connectivity index is 0.00000385. The summed E-state index contributed by atoms with van der Waals surface area (Å²) in [6.45, 7) is 9.56. The van der Waals surface area contributed by atoms with E-state index in [1.807, 2.05) is 19.1 Å². The van der Waals surface area contributed by atoms with Crippen molar-refractivity contribution in [1.29, 1.82) is 0 Å². The van der Waals surface area contributed by atoms with E-state index in [0.717, 1.165) is 24.6 Å². The van der Waals surface area contributed by atoms with Gasteiger partial charge < -0.3 is 20.9 Å². The normalized spacial score (nSPS) is 14.7. The number of rotatable bonds is 7. The first-order valence-electron chi connectivity index (χ1n) is 11.2. The highest BCUT2D eigenvalue weighted by Gasteiger charge is 2.22. The fraction of sp³-hybridized carbons (Fsp3) is 0.400. The van der Waals surface area contributed by atoms with Crippen molar-refractivity contribution in [2.45, 2.75) is 33.2 Å². The number of carbonyl (C=O) groups is 2. The number of aryl methyl sites for hydroxylation is 1. The van der Waals surface area contributed by atoms with Crippen molar-refractivity contribution in [2.75, 3.05) is 32.7 Å². The van der Waals surface area contributed by atoms with Gasteiger partial charge in [0.2, 0.25) is 5.91 Å². The molecular formula is C25H34IN5O2. The standard InChI is InChI=1S/C25H33N5O2.HI/c1-4-26-25(28-15-19(3)21-9-5-18(2)6-10-21)29-16-20-7-11-22(12-8-20)24(32)30-14-13-27-23(31)17-30;/h5-12,19H,4,13-17H2,1-3H3,(H,27,31)(H2,26,28,29);1H. The van der Waals surface area contributed by atoms with E-state index in [9.17, 15) is 9.59 Å². The van der Waals surface area contributed by atoms with E-state index in [0.29, 0.717) is 31.1 Å². The lowest BCUT2D eigenvalue weighted by atomic mass is 10.0. The summed E-state index contributed by atoms with van der Waals surface area (Å²) in [5.41, 5.74) is 4.16. The molecule has 0 radical (unpaired) electrons. The lowest BCUT2D eigenvalue weighted by Crippen LogP contribution is -2.49. The van der Waals surface area contributed by atoms with Gasteiger partial charge in [0.05, 0.1) is 13.1 Å². The molecule has 1 saturated heterocycles. The molecule has 0 saturated carbocycles. The summed E-state index contributed by atoms with van der Waals surface area (Å²) in [6.07, 6.45) is 0. The van der Waals surface area contributed by atoms with Crippen molar-refractivity contribution < 1.29 is 9.59 Å². The fourth-order valence-corrected chi connectivity index (χ4v) is 3.52. The van der Waals surface area contributed by atoms with E-state index in [2.05, 4.69) is 59.1 Å². The van der Waals surface area contributed by atoms with Gasteiger partial charge in [0.1, 0.15) is 0 Å². The van der Waals surface area contributed by atoms with Gasteiger partial charge in [-0.25, -0.2) is 4.99 Å². The Labute approximate surface area is 213 Å². The Kier molecular flexibility index (Phi) is 10.6. The van der Waals surface area contributed by atoms with E-state index < -0.39 is 0 Å². The molecule has 0 bridgehead atoms. The maximum Gasteiger partial charge on any atom is 0.254 e. The van der Waals surface area contributed by atoms with Crippen LogP contribution < -0.4 is 16.0 Å². The van der Waals surface area contributed by atoms with Gasteiger partial charge in [0.25, 0.3) is 5.91 Å². The number of nitrogens with zero attached hydrogens (tertiary/aromatic N) is 2. The molecule has 1 unspecified atom stereocenters. The van der Waals surface area contributed by atoms with Crippen LogP contribution >= 0.6 is 24.0 Å². The van der Waals surface area contributed by atoms with E-state index in [1.54, 1.807) is 17.0 Å². The molecule has 3 rings (SSSR count). The minimum atomic E-state index is -0.116. The molecule has 1 atom stereocenters. The predicted molar refractivity (Wildman–Crippen MR) is 143 cm³/mol. The number of piperazine rings is 1. The van der Waals surface area contributed by atoms with Crippen LogP contribution in [0, 0.1) is 6.92 Å². The lowest BCUT2D eigenvalue weighted by molar-refractivity contribution is -0.123. The van der Waals surface area contributed by atoms with Gasteiger partial charge in [-0.05, 0) is 43.0 Å². The van der Waals surface area contributed by atoms with Gasteiger partial charge in [-0.1, -0.05) is 48.9 Å². The number of benzene rings is 2. The smallest absolute Gasteiger partial charge is 0.254 e. The molecule has 7 nitrogen and oxygen atoms in total. The first-order chi connectivity index (χ1) is 15.5. The molecule has 1 aliphatic heterocycles. The molecule has 0 spiro atoms. The number of carbonyl (C=O) groups excluding carboxylic acids is 2. The van der Waals surface area contributed by atoms with Crippen LogP contribution in [0.2, 0.25) is 0 Å². The average molecular weight is 563 g/mol. The second kappa shape index (κ2) is 13.2. The fourth-order valence-electron chi connectivity index (χ4n) is 3.52. The third kappa shape index (κ3) is 8.03. The van der Waals surface area contributed by atoms with Crippen LogP contribution in [0.4, 0.5) is 0 Å². The maximum atomic E-state index is 12.6. The number of halogens is 1. The van der Waals surface area contributed by atoms with Gasteiger partial charge in [-0.15, -0.1) is 24.0 Å². The topological polar surface area (TPSA) is 85.8 Å². The summed E-state index contributed by atoms with van der Waals surface area (Å²) >= 11 is 0. The molecule has 8 heteroatoms. The molecule has 0 aromatic heterocycles. The van der Waals surface area contributed by atoms with Crippen molar-refractivity contribution in [3.63, 3.8) is 0 Å². The van der Waals surface area contributed by atoms with E-state index in [1.165, 1.54) is 11.1 Å². The summed E-state index contributed by atoms with van der Waals surface area (Å²) < 4.78 is 0. The average Bonchev–Trinajstić information content (AvgIpc) is 2.81. The Morgan fingerprint density at radius 2 is 1.82 bits per heavy atom. The number of amides is 2. The number of hydrogen-bond acceptors (Lipinski definition) is 3. The van der Waals surface area contributed by atoms with E-state index in [4.69, 9.17) is 0 Å². The van der Waals surface area contributed by atoms with Crippen molar-refractivity contribution in [3.05, 3.63) is 70.8 Å². The molecule has 1 fully saturated rings. The SMILES string of the molecule is CCNC(=NCc1ccc(C(=O)N2CCNC(=O)C2)cc1)NCC(C)c1ccc(C)cc1.I. The second-order valence-corrected chi connectivity index (χ2v) is 8.16. The summed E-state index contributed by atoms with van der Waals surface area (Å²) in [7, 11) is 0. The van der Waals surface area contributed by atoms with Gasteiger partial charge in [-0.3, -0.25) is 9.59 Å². The zero-order chi connectivity index (χ0) is 22.9. The van der Waals surface area contributed by atoms with Crippen LogP contribution in [-0.2, 0) is 11.3 Å². The van der Waals surface area contributed by atoms with Gasteiger partial charge >= 0.3 is 0 Å². The van der Waals surface area contributed by atoms with E-state index in [-0.39, 0.29) is 42.3 Å². The molecule has 2 aromatic carbocycles. The zero-order valence-electron chi connectivity index (χ0n) is 19.6. The summed E-state index contributed by atoms with van der Waals surface area (Å²) in [5, 5.41) is 9.44. The minimum absolute atomic E-state index is 0. The van der Waals surface area contributed by atoms with Crippen molar-refractivity contribution in [1.82, 2.24) is 20.9 Å². The van der Waals surface area contributed by atoms with Crippen LogP contribution in [0.15, 0.2) is 53.5 Å². The van der Waals surface area contributed by atoms with Crippen molar-refractivity contribution in [3.8, 4) is 0 Å². The molecule has 3 N–H and O–H groups in total. The van der Waals surface area contributed by atoms with Gasteiger partial charge in [-0.2, -0.15) is 0 Å². The highest BCUT2D eigenvalue weighted by Crippen LogP contribution is 2.15. The largest absolute Gasteiger partial charge is 0.357 e. The van der Waals surface area contributed by atoms with Crippen LogP contribution in [0.25, 0.3) is 0 Å². The summed E-state index contributed by atoms with van der Waals surface area (Å²) in [4.78, 5) is 30.4. The second-order valence-electron chi connectivity index (χ2n) is 8.16. The molecule has 178 valence electrons. The Morgan fingerprint density at radius 3 is 2.45 bits per heavy atom. The van der Waals surface area contributed by atoms with E-state index >= 15 is 0 Å². The quantitative estimate of drug-likeness (QED) is 0.275. The maximum absolute atomic E-state index is 12.6. The third-order valence-corrected chi connectivity index (χ3v) is 5.51. The minimum Gasteiger partial charge on any atom is -0.357 e. The Bertz CT molecular complexity index is 944. The summed E-state index contributed by atoms with van der Waals surface area (Å²) in [6, 6.07) is 16.1. The Hall–Kier alpha value is -2.62. The molecular weight excluding hydrogens is 529 g/mol. The monoisotopic (exact) mass is 563 g/mol. The Morgan fingerprint density at radius 1 is 1.12 bits per heavy atom. The molecule has 1 heterocycles. The van der Waals surface area contributed by atoms with Gasteiger partial charge in [0.15, 0.2) is 5.96 Å².